The van der Waals surface area contributed by atoms with Crippen LogP contribution in [0.15, 0.2) is 35.2 Å². The summed E-state index contributed by atoms with van der Waals surface area (Å²) < 4.78 is 29.2. The summed E-state index contributed by atoms with van der Waals surface area (Å²) in [7, 11) is -4.00. The van der Waals surface area contributed by atoms with Crippen LogP contribution in [0.2, 0.25) is 0 Å². The number of rotatable bonds is 1. The number of hydrogen-bond donors (Lipinski definition) is 2. The van der Waals surface area contributed by atoms with E-state index in [-0.39, 0.29) is 11.0 Å². The van der Waals surface area contributed by atoms with Gasteiger partial charge in [-0.15, -0.1) is 0 Å². The van der Waals surface area contributed by atoms with Crippen molar-refractivity contribution in [3.63, 3.8) is 0 Å². The summed E-state index contributed by atoms with van der Waals surface area (Å²) in [6.07, 6.45) is 0. The molecular formula is C6H9NO3S. The molecule has 0 radical (unpaired) electrons. The van der Waals surface area contributed by atoms with Crippen molar-refractivity contribution in [1.29, 1.82) is 0 Å². The van der Waals surface area contributed by atoms with Crippen LogP contribution in [0.3, 0.4) is 0 Å². The lowest BCUT2D eigenvalue weighted by molar-refractivity contribution is 0.483. The minimum Gasteiger partial charge on any atom is -0.344 e. The molecule has 5 heteroatoms. The lowest BCUT2D eigenvalue weighted by atomic mass is 10.4. The van der Waals surface area contributed by atoms with Gasteiger partial charge in [-0.2, -0.15) is 8.42 Å². The fourth-order valence-electron chi connectivity index (χ4n) is 0.592. The Morgan fingerprint density at radius 2 is 1.55 bits per heavy atom. The molecule has 0 heterocycles. The van der Waals surface area contributed by atoms with Gasteiger partial charge in [-0.25, -0.2) is 0 Å². The molecule has 0 atom stereocenters. The predicted octanol–water partition coefficient (Wildman–Crippen LogP) is 1.10. The highest BCUT2D eigenvalue weighted by Crippen LogP contribution is 2.05. The maximum absolute atomic E-state index is 10.4. The summed E-state index contributed by atoms with van der Waals surface area (Å²) in [4.78, 5) is -0.0741. The van der Waals surface area contributed by atoms with Gasteiger partial charge in [0.1, 0.15) is 0 Å². The van der Waals surface area contributed by atoms with Crippen molar-refractivity contribution < 1.29 is 13.0 Å². The molecule has 0 aromatic heterocycles. The fourth-order valence-corrected chi connectivity index (χ4v) is 1.09. The number of hydrogen-bond acceptors (Lipinski definition) is 3. The summed E-state index contributed by atoms with van der Waals surface area (Å²) in [6, 6.07) is 7.42. The molecule has 0 aliphatic heterocycles. The van der Waals surface area contributed by atoms with Crippen LogP contribution in [-0.2, 0) is 10.1 Å². The smallest absolute Gasteiger partial charge is 0.294 e. The van der Waals surface area contributed by atoms with Crippen molar-refractivity contribution in [2.45, 2.75) is 4.90 Å². The van der Waals surface area contributed by atoms with Crippen molar-refractivity contribution in [2.24, 2.45) is 0 Å². The Morgan fingerprint density at radius 1 is 1.09 bits per heavy atom. The Kier molecular flexibility index (Phi) is 3.18. The highest BCUT2D eigenvalue weighted by molar-refractivity contribution is 7.85. The normalized spacial score (nSPS) is 10.3. The van der Waals surface area contributed by atoms with Crippen LogP contribution in [-0.4, -0.2) is 13.0 Å². The molecule has 0 spiro atoms. The standard InChI is InChI=1S/C6H6O3S.H3N/c7-10(8,9)6-4-2-1-3-5-6;/h1-5H,(H,7,8,9);1H3. The number of benzene rings is 1. The molecule has 4 N–H and O–H groups in total. The second kappa shape index (κ2) is 3.47. The molecule has 1 aromatic carbocycles. The molecular weight excluding hydrogens is 166 g/mol. The van der Waals surface area contributed by atoms with Gasteiger partial charge in [-0.3, -0.25) is 4.55 Å². The SMILES string of the molecule is N.O=S(=O)(O)c1ccccc1. The third-order valence-corrected chi connectivity index (χ3v) is 1.91. The first-order chi connectivity index (χ1) is 4.61. The minimum atomic E-state index is -4.00. The molecule has 0 fully saturated rings. The lowest BCUT2D eigenvalue weighted by Gasteiger charge is -1.92. The van der Waals surface area contributed by atoms with Gasteiger partial charge in [0.15, 0.2) is 0 Å². The van der Waals surface area contributed by atoms with Crippen molar-refractivity contribution in [1.82, 2.24) is 6.15 Å². The topological polar surface area (TPSA) is 89.4 Å². The molecule has 0 saturated heterocycles. The van der Waals surface area contributed by atoms with Gasteiger partial charge in [-0.1, -0.05) is 18.2 Å². The zero-order valence-electron chi connectivity index (χ0n) is 5.77. The van der Waals surface area contributed by atoms with Crippen molar-refractivity contribution in [3.05, 3.63) is 30.3 Å². The van der Waals surface area contributed by atoms with Gasteiger partial charge in [-0.05, 0) is 12.1 Å². The summed E-state index contributed by atoms with van der Waals surface area (Å²) in [5.41, 5.74) is 0. The van der Waals surface area contributed by atoms with Gasteiger partial charge in [0.25, 0.3) is 10.1 Å². The van der Waals surface area contributed by atoms with E-state index in [2.05, 4.69) is 0 Å². The summed E-state index contributed by atoms with van der Waals surface area (Å²) in [6.45, 7) is 0. The molecule has 62 valence electrons. The maximum Gasteiger partial charge on any atom is 0.294 e. The van der Waals surface area contributed by atoms with Crippen LogP contribution >= 0.6 is 0 Å². The second-order valence-corrected chi connectivity index (χ2v) is 3.21. The molecule has 0 aliphatic rings. The largest absolute Gasteiger partial charge is 0.344 e. The second-order valence-electron chi connectivity index (χ2n) is 1.79. The Labute approximate surface area is 65.2 Å². The maximum atomic E-state index is 10.4. The van der Waals surface area contributed by atoms with E-state index in [0.717, 1.165) is 0 Å². The molecule has 0 amide bonds. The van der Waals surface area contributed by atoms with Gasteiger partial charge in [0.05, 0.1) is 4.90 Å². The van der Waals surface area contributed by atoms with E-state index in [9.17, 15) is 8.42 Å². The Balaban J connectivity index is 0.000001000. The van der Waals surface area contributed by atoms with E-state index >= 15 is 0 Å². The predicted molar refractivity (Wildman–Crippen MR) is 41.3 cm³/mol. The van der Waals surface area contributed by atoms with E-state index in [1.165, 1.54) is 12.1 Å². The van der Waals surface area contributed by atoms with Gasteiger partial charge >= 0.3 is 0 Å². The molecule has 0 saturated carbocycles. The molecule has 0 aliphatic carbocycles. The average molecular weight is 175 g/mol. The Bertz CT molecular complexity index is 306. The fraction of sp³-hybridized carbons (Fsp3) is 0. The Morgan fingerprint density at radius 3 is 1.82 bits per heavy atom. The summed E-state index contributed by atoms with van der Waals surface area (Å²) in [5.74, 6) is 0. The van der Waals surface area contributed by atoms with E-state index in [0.29, 0.717) is 0 Å². The first-order valence-electron chi connectivity index (χ1n) is 2.63. The van der Waals surface area contributed by atoms with Crippen molar-refractivity contribution in [3.8, 4) is 0 Å². The first-order valence-corrected chi connectivity index (χ1v) is 4.07. The molecule has 1 aromatic rings. The lowest BCUT2D eigenvalue weighted by Crippen LogP contribution is -1.96. The summed E-state index contributed by atoms with van der Waals surface area (Å²) in [5, 5.41) is 0. The third-order valence-electron chi connectivity index (χ3n) is 1.04. The van der Waals surface area contributed by atoms with Gasteiger partial charge in [0, 0.05) is 0 Å². The first kappa shape index (κ1) is 10.1. The monoisotopic (exact) mass is 175 g/mol. The quantitative estimate of drug-likeness (QED) is 0.625. The van der Waals surface area contributed by atoms with Crippen LogP contribution in [0.25, 0.3) is 0 Å². The average Bonchev–Trinajstić information content (AvgIpc) is 1.88. The van der Waals surface area contributed by atoms with Crippen LogP contribution < -0.4 is 6.15 Å². The highest BCUT2D eigenvalue weighted by Gasteiger charge is 2.05. The molecule has 11 heavy (non-hydrogen) atoms. The molecule has 1 rings (SSSR count). The minimum absolute atomic E-state index is 0. The van der Waals surface area contributed by atoms with Crippen LogP contribution in [0.5, 0.6) is 0 Å². The van der Waals surface area contributed by atoms with Gasteiger partial charge in [0.2, 0.25) is 0 Å². The Hall–Kier alpha value is -0.910. The van der Waals surface area contributed by atoms with E-state index in [1.807, 2.05) is 0 Å². The van der Waals surface area contributed by atoms with E-state index < -0.39 is 10.1 Å². The van der Waals surface area contributed by atoms with Crippen molar-refractivity contribution in [2.75, 3.05) is 0 Å². The van der Waals surface area contributed by atoms with Crippen LogP contribution in [0, 0.1) is 0 Å². The zero-order valence-corrected chi connectivity index (χ0v) is 6.58. The van der Waals surface area contributed by atoms with E-state index in [1.54, 1.807) is 18.2 Å². The van der Waals surface area contributed by atoms with Crippen molar-refractivity contribution >= 4 is 10.1 Å². The highest BCUT2D eigenvalue weighted by atomic mass is 32.2. The van der Waals surface area contributed by atoms with E-state index in [4.69, 9.17) is 4.55 Å². The zero-order chi connectivity index (χ0) is 7.61. The molecule has 4 nitrogen and oxygen atoms in total. The van der Waals surface area contributed by atoms with Crippen LogP contribution in [0.4, 0.5) is 0 Å². The van der Waals surface area contributed by atoms with Crippen LogP contribution in [0.1, 0.15) is 0 Å². The summed E-state index contributed by atoms with van der Waals surface area (Å²) >= 11 is 0. The molecule has 0 unspecified atom stereocenters. The third kappa shape index (κ3) is 2.67. The van der Waals surface area contributed by atoms with Gasteiger partial charge < -0.3 is 6.15 Å². The molecule has 0 bridgehead atoms.